The van der Waals surface area contributed by atoms with Gasteiger partial charge in [-0.1, -0.05) is 0 Å². The number of alkyl halides is 35. The molecule has 0 heterocycles. The minimum absolute atomic E-state index is 0.672. The van der Waals surface area contributed by atoms with Crippen molar-refractivity contribution in [2.24, 2.45) is 0 Å². The lowest BCUT2D eigenvalue weighted by Crippen LogP contribution is -2.73. The molecule has 0 aliphatic heterocycles. The third kappa shape index (κ3) is 9.14. The number of hydrogen-bond acceptors (Lipinski definition) is 6. The molecule has 7 nitrogen and oxygen atoms in total. The topological polar surface area (TPSA) is 83.5 Å². The van der Waals surface area contributed by atoms with Gasteiger partial charge < -0.3 is 5.11 Å². The Labute approximate surface area is 297 Å². The first-order valence-electron chi connectivity index (χ1n) is 12.1. The molecule has 0 spiro atoms. The molecule has 0 amide bonds. The molecule has 42 heteroatoms. The number of ether oxygens (including phenoxy) is 5. The predicted octanol–water partition coefficient (Wildman–Crippen LogP) is 10.5. The van der Waals surface area contributed by atoms with Crippen molar-refractivity contribution in [3.63, 3.8) is 0 Å². The molecular weight excluding hydrogens is 993 g/mol. The van der Waals surface area contributed by atoms with Gasteiger partial charge in [-0.25, -0.2) is 4.79 Å². The largest absolute Gasteiger partial charge is 0.477 e. The number of carboxylic acids is 1. The highest BCUT2D eigenvalue weighted by Gasteiger charge is 2.91. The summed E-state index contributed by atoms with van der Waals surface area (Å²) in [6, 6.07) is 0. The highest BCUT2D eigenvalue weighted by Crippen LogP contribution is 2.62. The highest BCUT2D eigenvalue weighted by molar-refractivity contribution is 5.76. The van der Waals surface area contributed by atoms with Gasteiger partial charge >= 0.3 is 109 Å². The second-order valence-electron chi connectivity index (χ2n) is 9.94. The minimum atomic E-state index is -9.62. The van der Waals surface area contributed by atoms with Gasteiger partial charge in [0.1, 0.15) is 0 Å². The second-order valence-corrected chi connectivity index (χ2v) is 9.94. The summed E-state index contributed by atoms with van der Waals surface area (Å²) in [5, 5.41) is 7.98. The van der Waals surface area contributed by atoms with Crippen LogP contribution in [0.4, 0.5) is 154 Å². The van der Waals surface area contributed by atoms with E-state index in [1.54, 1.807) is 0 Å². The minimum Gasteiger partial charge on any atom is -0.477 e. The Bertz CT molecular complexity index is 1540. The van der Waals surface area contributed by atoms with E-state index in [4.69, 9.17) is 5.11 Å². The number of rotatable bonds is 16. The van der Waals surface area contributed by atoms with Gasteiger partial charge in [0.05, 0.1) is 0 Å². The van der Waals surface area contributed by atoms with Crippen LogP contribution in [0.25, 0.3) is 0 Å². The number of aliphatic carboxylic acids is 1. The van der Waals surface area contributed by atoms with Crippen molar-refractivity contribution in [1.29, 1.82) is 0 Å². The molecular formula is C18HF35O7. The highest BCUT2D eigenvalue weighted by atomic mass is 19.5. The van der Waals surface area contributed by atoms with Crippen LogP contribution in [-0.2, 0) is 28.5 Å². The van der Waals surface area contributed by atoms with Crippen LogP contribution in [0.3, 0.4) is 0 Å². The molecule has 0 rings (SSSR count). The molecule has 360 valence electrons. The first-order chi connectivity index (χ1) is 25.2. The Kier molecular flexibility index (Phi) is 13.9. The molecule has 1 N–H and O–H groups in total. The van der Waals surface area contributed by atoms with Gasteiger partial charge in [0, 0.05) is 0 Å². The van der Waals surface area contributed by atoms with E-state index in [0.29, 0.717) is 9.47 Å². The maximum atomic E-state index is 14.6. The van der Waals surface area contributed by atoms with Crippen molar-refractivity contribution < 1.29 is 187 Å². The normalized spacial score (nSPS) is 20.7. The molecule has 0 aliphatic carbocycles. The summed E-state index contributed by atoms with van der Waals surface area (Å²) >= 11 is 0. The molecule has 0 saturated carbocycles. The Morgan fingerprint density at radius 1 is 0.267 bits per heavy atom. The fourth-order valence-electron chi connectivity index (χ4n) is 2.73. The van der Waals surface area contributed by atoms with E-state index >= 15 is 0 Å². The van der Waals surface area contributed by atoms with Crippen molar-refractivity contribution in [1.82, 2.24) is 0 Å². The summed E-state index contributed by atoms with van der Waals surface area (Å²) in [7, 11) is 0. The summed E-state index contributed by atoms with van der Waals surface area (Å²) < 4.78 is 472. The molecule has 0 aromatic heterocycles. The zero-order valence-corrected chi connectivity index (χ0v) is 25.1. The van der Waals surface area contributed by atoms with Crippen LogP contribution in [0.15, 0.2) is 0 Å². The molecule has 60 heavy (non-hydrogen) atoms. The van der Waals surface area contributed by atoms with Gasteiger partial charge in [-0.15, -0.1) is 0 Å². The molecule has 0 fully saturated rings. The summed E-state index contributed by atoms with van der Waals surface area (Å²) in [6.45, 7) is 0. The number of carbonyl (C=O) groups is 1. The van der Waals surface area contributed by atoms with Gasteiger partial charge in [0.25, 0.3) is 0 Å². The van der Waals surface area contributed by atoms with E-state index in [0.717, 1.165) is 9.47 Å². The van der Waals surface area contributed by atoms with Crippen LogP contribution in [0.1, 0.15) is 0 Å². The fraction of sp³-hybridized carbons (Fsp3) is 0.944. The number of carboxylic acid groups (broad SMARTS) is 1. The smallest absolute Gasteiger partial charge is 0.462 e. The van der Waals surface area contributed by atoms with E-state index < -0.39 is 109 Å². The van der Waals surface area contributed by atoms with Gasteiger partial charge in [-0.2, -0.15) is 154 Å². The summed E-state index contributed by atoms with van der Waals surface area (Å²) in [4.78, 5) is 10.3. The molecule has 0 radical (unpaired) electrons. The van der Waals surface area contributed by atoms with E-state index in [2.05, 4.69) is 0 Å². The van der Waals surface area contributed by atoms with Crippen molar-refractivity contribution in [2.75, 3.05) is 0 Å². The Morgan fingerprint density at radius 3 is 0.600 bits per heavy atom. The predicted molar refractivity (Wildman–Crippen MR) is 98.3 cm³/mol. The van der Waals surface area contributed by atoms with Gasteiger partial charge in [-0.05, 0) is 0 Å². The zero-order valence-electron chi connectivity index (χ0n) is 25.1. The summed E-state index contributed by atoms with van der Waals surface area (Å²) in [5.41, 5.74) is 0. The van der Waals surface area contributed by atoms with E-state index in [-0.39, 0.29) is 0 Å². The average Bonchev–Trinajstić information content (AvgIpc) is 2.91. The van der Waals surface area contributed by atoms with Crippen LogP contribution < -0.4 is 0 Å². The standard InChI is InChI=1S/C18HF35O7/c19-2(1(54)55,8(26,27)28)56-15(46,47)4(22,10(32,33)34)58-17(50,51)6(24,12(38,39)40)60-18(52,53)7(25,13(41,42)43)59-16(48,49)5(23,11(35,36)37)57-14(44,45)3(20,21)9(29,30)31/h(H,54,55)/t2-,4+,5+,6+,7-/m0/s1. The van der Waals surface area contributed by atoms with E-state index in [1.165, 1.54) is 4.74 Å². The first-order valence-corrected chi connectivity index (χ1v) is 12.1. The van der Waals surface area contributed by atoms with Crippen LogP contribution >= 0.6 is 0 Å². The molecule has 0 bridgehead atoms. The summed E-state index contributed by atoms with van der Waals surface area (Å²) in [5.74, 6) is -58.6. The monoisotopic (exact) mass is 994 g/mol. The molecule has 5 atom stereocenters. The van der Waals surface area contributed by atoms with E-state index in [1.807, 2.05) is 0 Å². The third-order valence-corrected chi connectivity index (χ3v) is 5.66. The SMILES string of the molecule is O=C(O)[C@](F)(OC(F)(F)[C@](F)(OC(F)(F)[C@](F)(OC(F)(F)[C@@](F)(OC(F)(F)[C@](F)(OC(F)(F)C(F)(F)C(F)(F)F)C(F)(F)F)C(F)(F)F)C(F)(F)F)C(F)(F)F)C(F)(F)F. The van der Waals surface area contributed by atoms with E-state index in [9.17, 15) is 158 Å². The molecule has 0 saturated heterocycles. The third-order valence-electron chi connectivity index (χ3n) is 5.66. The lowest BCUT2D eigenvalue weighted by atomic mass is 10.2. The van der Waals surface area contributed by atoms with Crippen molar-refractivity contribution in [3.05, 3.63) is 0 Å². The lowest BCUT2D eigenvalue weighted by Gasteiger charge is -2.44. The zero-order chi connectivity index (χ0) is 49.6. The maximum absolute atomic E-state index is 14.6. The van der Waals surface area contributed by atoms with Crippen LogP contribution in [-0.4, -0.2) is 114 Å². The Morgan fingerprint density at radius 2 is 0.450 bits per heavy atom. The summed E-state index contributed by atoms with van der Waals surface area (Å²) in [6.07, 6.45) is -98.3. The molecule has 0 aromatic rings. The quantitative estimate of drug-likeness (QED) is 0.154. The van der Waals surface area contributed by atoms with Crippen molar-refractivity contribution in [2.45, 2.75) is 103 Å². The second kappa shape index (κ2) is 14.7. The first kappa shape index (κ1) is 56.8. The van der Waals surface area contributed by atoms with Crippen molar-refractivity contribution >= 4 is 5.97 Å². The Hall–Kier alpha value is -3.18. The van der Waals surface area contributed by atoms with Gasteiger partial charge in [-0.3, -0.25) is 23.7 Å². The average molecular weight is 994 g/mol. The molecule has 0 aromatic carbocycles. The number of hydrogen-bond donors (Lipinski definition) is 1. The van der Waals surface area contributed by atoms with Gasteiger partial charge in [0.15, 0.2) is 0 Å². The van der Waals surface area contributed by atoms with Crippen LogP contribution in [0, 0.1) is 0 Å². The number of halogens is 35. The lowest BCUT2D eigenvalue weighted by molar-refractivity contribution is -0.600. The van der Waals surface area contributed by atoms with Gasteiger partial charge in [0.2, 0.25) is 0 Å². The Balaban J connectivity index is 8.02. The fourth-order valence-corrected chi connectivity index (χ4v) is 2.73. The molecule has 0 aliphatic rings. The molecule has 0 unspecified atom stereocenters. The van der Waals surface area contributed by atoms with Crippen LogP contribution in [0.2, 0.25) is 0 Å². The van der Waals surface area contributed by atoms with Crippen molar-refractivity contribution in [3.8, 4) is 0 Å². The van der Waals surface area contributed by atoms with Crippen LogP contribution in [0.5, 0.6) is 0 Å². The maximum Gasteiger partial charge on any atom is 0.462 e.